The monoisotopic (exact) mass is 374 g/mol. The average Bonchev–Trinajstić information content (AvgIpc) is 2.72. The molecule has 3 aromatic rings. The maximum Gasteiger partial charge on any atom is 0.159 e. The number of pyridine rings is 1. The number of anilines is 4. The number of benzene rings is 1. The maximum absolute atomic E-state index is 6.34. The number of rotatable bonds is 6. The van der Waals surface area contributed by atoms with Crippen LogP contribution in [0.4, 0.5) is 23.0 Å². The van der Waals surface area contributed by atoms with Crippen LogP contribution in [-0.4, -0.2) is 21.5 Å². The molecule has 0 unspecified atom stereocenters. The number of aromatic nitrogens is 3. The lowest BCUT2D eigenvalue weighted by Gasteiger charge is -2.15. The first-order chi connectivity index (χ1) is 13.7. The van der Waals surface area contributed by atoms with E-state index in [-0.39, 0.29) is 0 Å². The Balaban J connectivity index is 1.51. The Morgan fingerprint density at radius 3 is 2.82 bits per heavy atom. The lowest BCUT2D eigenvalue weighted by molar-refractivity contribution is 0.679. The third-order valence-electron chi connectivity index (χ3n) is 5.12. The second kappa shape index (κ2) is 8.25. The second-order valence-electron chi connectivity index (χ2n) is 7.22. The number of fused-ring (bicyclic) bond motifs is 1. The first-order valence-corrected chi connectivity index (χ1v) is 9.86. The molecule has 0 spiro atoms. The number of aryl methyl sites for hydroxylation is 1. The summed E-state index contributed by atoms with van der Waals surface area (Å²) in [5, 5.41) is 7.76. The zero-order chi connectivity index (χ0) is 19.3. The zero-order valence-electron chi connectivity index (χ0n) is 16.2. The van der Waals surface area contributed by atoms with Gasteiger partial charge < -0.3 is 16.4 Å². The molecule has 6 heteroatoms. The minimum absolute atomic E-state index is 0.518. The molecule has 1 aliphatic rings. The summed E-state index contributed by atoms with van der Waals surface area (Å²) in [5.74, 6) is 1.25. The van der Waals surface area contributed by atoms with Crippen molar-refractivity contribution < 1.29 is 0 Å². The number of nitrogen functional groups attached to an aromatic ring is 1. The minimum Gasteiger partial charge on any atom is -0.393 e. The van der Waals surface area contributed by atoms with Crippen LogP contribution in [0.15, 0.2) is 48.3 Å². The number of hydrogen-bond acceptors (Lipinski definition) is 6. The van der Waals surface area contributed by atoms with E-state index >= 15 is 0 Å². The zero-order valence-corrected chi connectivity index (χ0v) is 16.2. The first kappa shape index (κ1) is 18.2. The Morgan fingerprint density at radius 2 is 1.96 bits per heavy atom. The third-order valence-corrected chi connectivity index (χ3v) is 5.12. The van der Waals surface area contributed by atoms with Gasteiger partial charge in [-0.2, -0.15) is 0 Å². The van der Waals surface area contributed by atoms with E-state index in [0.717, 1.165) is 35.2 Å². The summed E-state index contributed by atoms with van der Waals surface area (Å²) in [6.07, 6.45) is 9.96. The van der Waals surface area contributed by atoms with Gasteiger partial charge in [0.05, 0.1) is 11.2 Å². The first-order valence-electron chi connectivity index (χ1n) is 9.86. The topological polar surface area (TPSA) is 88.8 Å². The van der Waals surface area contributed by atoms with Gasteiger partial charge in [-0.25, -0.2) is 9.97 Å². The molecule has 4 rings (SSSR count). The predicted octanol–water partition coefficient (Wildman–Crippen LogP) is 4.96. The molecule has 0 bridgehead atoms. The number of nitrogens with one attached hydrogen (secondary N) is 2. The molecule has 0 radical (unpaired) electrons. The van der Waals surface area contributed by atoms with E-state index in [1.165, 1.54) is 37.6 Å². The van der Waals surface area contributed by atoms with Crippen molar-refractivity contribution >= 4 is 33.9 Å². The van der Waals surface area contributed by atoms with Crippen molar-refractivity contribution in [3.05, 3.63) is 54.0 Å². The molecule has 1 aliphatic carbocycles. The summed E-state index contributed by atoms with van der Waals surface area (Å²) in [6.45, 7) is 2.81. The van der Waals surface area contributed by atoms with Gasteiger partial charge in [0, 0.05) is 17.6 Å². The Hall–Kier alpha value is -3.15. The lowest BCUT2D eigenvalue weighted by atomic mass is 9.97. The molecular weight excluding hydrogens is 348 g/mol. The van der Waals surface area contributed by atoms with Gasteiger partial charge >= 0.3 is 0 Å². The maximum atomic E-state index is 6.34. The van der Waals surface area contributed by atoms with E-state index in [1.807, 2.05) is 31.2 Å². The van der Waals surface area contributed by atoms with Crippen molar-refractivity contribution in [3.8, 4) is 0 Å². The van der Waals surface area contributed by atoms with Crippen LogP contribution in [-0.2, 0) is 0 Å². The molecule has 0 saturated heterocycles. The molecule has 0 saturated carbocycles. The number of hydrogen-bond donors (Lipinski definition) is 3. The van der Waals surface area contributed by atoms with E-state index in [2.05, 4.69) is 37.7 Å². The predicted molar refractivity (Wildman–Crippen MR) is 116 cm³/mol. The second-order valence-corrected chi connectivity index (χ2v) is 7.22. The molecule has 4 N–H and O–H groups in total. The van der Waals surface area contributed by atoms with Crippen LogP contribution in [0.25, 0.3) is 10.9 Å². The fourth-order valence-electron chi connectivity index (χ4n) is 3.58. The van der Waals surface area contributed by atoms with E-state index in [9.17, 15) is 0 Å². The average molecular weight is 374 g/mol. The van der Waals surface area contributed by atoms with Crippen molar-refractivity contribution in [2.24, 2.45) is 0 Å². The number of allylic oxidation sites excluding steroid dienone is 1. The van der Waals surface area contributed by atoms with E-state index in [4.69, 9.17) is 5.73 Å². The van der Waals surface area contributed by atoms with Crippen LogP contribution in [0.1, 0.15) is 37.8 Å². The quantitative estimate of drug-likeness (QED) is 0.528. The van der Waals surface area contributed by atoms with Crippen molar-refractivity contribution in [2.75, 3.05) is 22.9 Å². The summed E-state index contributed by atoms with van der Waals surface area (Å²) >= 11 is 0. The minimum atomic E-state index is 0.518. The molecule has 2 aromatic heterocycles. The molecule has 0 amide bonds. The van der Waals surface area contributed by atoms with Crippen molar-refractivity contribution in [1.29, 1.82) is 0 Å². The van der Waals surface area contributed by atoms with E-state index in [1.54, 1.807) is 0 Å². The number of nitrogens with zero attached hydrogens (tertiary/aromatic N) is 3. The van der Waals surface area contributed by atoms with E-state index in [0.29, 0.717) is 17.3 Å². The molecular formula is C22H26N6. The summed E-state index contributed by atoms with van der Waals surface area (Å²) < 4.78 is 0. The van der Waals surface area contributed by atoms with Crippen LogP contribution in [0, 0.1) is 6.92 Å². The number of nitrogens with two attached hydrogens (primary N) is 1. The summed E-state index contributed by atoms with van der Waals surface area (Å²) in [7, 11) is 0. The van der Waals surface area contributed by atoms with Gasteiger partial charge in [-0.3, -0.25) is 4.98 Å². The third kappa shape index (κ3) is 4.06. The highest BCUT2D eigenvalue weighted by molar-refractivity contribution is 5.93. The fourth-order valence-corrected chi connectivity index (χ4v) is 3.58. The molecule has 2 heterocycles. The standard InChI is InChI=1S/C22H26N6/c1-15-10-11-17-8-5-9-18(20(17)27-15)28-22-19(23)21(25-14-26-22)24-13-12-16-6-3-2-4-7-16/h5-6,8-11,14H,2-4,7,12-13,23H2,1H3,(H2,24,25,26,28). The summed E-state index contributed by atoms with van der Waals surface area (Å²) in [4.78, 5) is 13.3. The molecule has 1 aromatic carbocycles. The van der Waals surface area contributed by atoms with Gasteiger partial charge in [0.1, 0.15) is 12.0 Å². The normalized spacial score (nSPS) is 14.0. The Bertz CT molecular complexity index is 1010. The fraction of sp³-hybridized carbons (Fsp3) is 0.318. The Kier molecular flexibility index (Phi) is 5.37. The molecule has 0 atom stereocenters. The van der Waals surface area contributed by atoms with Crippen LogP contribution in [0.3, 0.4) is 0 Å². The van der Waals surface area contributed by atoms with Gasteiger partial charge in [0.2, 0.25) is 0 Å². The highest BCUT2D eigenvalue weighted by Gasteiger charge is 2.11. The summed E-state index contributed by atoms with van der Waals surface area (Å²) in [6, 6.07) is 10.1. The molecule has 6 nitrogen and oxygen atoms in total. The molecule has 0 fully saturated rings. The van der Waals surface area contributed by atoms with Gasteiger partial charge in [-0.05, 0) is 51.2 Å². The van der Waals surface area contributed by atoms with Crippen molar-refractivity contribution in [2.45, 2.75) is 39.0 Å². The van der Waals surface area contributed by atoms with Crippen LogP contribution in [0.2, 0.25) is 0 Å². The van der Waals surface area contributed by atoms with Gasteiger partial charge in [0.15, 0.2) is 11.6 Å². The lowest BCUT2D eigenvalue weighted by Crippen LogP contribution is -2.10. The molecule has 0 aliphatic heterocycles. The Labute approximate surface area is 165 Å². The van der Waals surface area contributed by atoms with Crippen LogP contribution >= 0.6 is 0 Å². The summed E-state index contributed by atoms with van der Waals surface area (Å²) in [5.41, 5.74) is 11.1. The smallest absolute Gasteiger partial charge is 0.159 e. The van der Waals surface area contributed by atoms with E-state index < -0.39 is 0 Å². The SMILES string of the molecule is Cc1ccc2cccc(Nc3ncnc(NCCC4=CCCCC4)c3N)c2n1. The largest absolute Gasteiger partial charge is 0.393 e. The van der Waals surface area contributed by atoms with Crippen molar-refractivity contribution in [3.63, 3.8) is 0 Å². The highest BCUT2D eigenvalue weighted by atomic mass is 15.1. The van der Waals surface area contributed by atoms with Crippen LogP contribution < -0.4 is 16.4 Å². The molecule has 28 heavy (non-hydrogen) atoms. The van der Waals surface area contributed by atoms with Gasteiger partial charge in [0.25, 0.3) is 0 Å². The number of para-hydroxylation sites is 1. The van der Waals surface area contributed by atoms with Gasteiger partial charge in [-0.15, -0.1) is 0 Å². The van der Waals surface area contributed by atoms with Gasteiger partial charge in [-0.1, -0.05) is 29.8 Å². The van der Waals surface area contributed by atoms with Crippen molar-refractivity contribution in [1.82, 2.24) is 15.0 Å². The highest BCUT2D eigenvalue weighted by Crippen LogP contribution is 2.29. The Morgan fingerprint density at radius 1 is 1.07 bits per heavy atom. The van der Waals surface area contributed by atoms with Crippen LogP contribution in [0.5, 0.6) is 0 Å². The molecule has 144 valence electrons.